The van der Waals surface area contributed by atoms with E-state index in [1.807, 2.05) is 6.07 Å². The molecule has 0 spiro atoms. The van der Waals surface area contributed by atoms with E-state index in [0.717, 1.165) is 18.1 Å². The Balaban J connectivity index is 2.21. The monoisotopic (exact) mass is 225 g/mol. The van der Waals surface area contributed by atoms with E-state index in [2.05, 4.69) is 6.07 Å². The van der Waals surface area contributed by atoms with Gasteiger partial charge in [-0.25, -0.2) is 0 Å². The van der Waals surface area contributed by atoms with E-state index < -0.39 is 0 Å². The second kappa shape index (κ2) is 4.22. The second-order valence-corrected chi connectivity index (χ2v) is 4.81. The largest absolute Gasteiger partial charge is 0.379 e. The first-order chi connectivity index (χ1) is 6.79. The van der Waals surface area contributed by atoms with Gasteiger partial charge >= 0.3 is 0 Å². The van der Waals surface area contributed by atoms with E-state index in [4.69, 9.17) is 21.6 Å². The molecule has 1 aliphatic rings. The number of halogens is 1. The summed E-state index contributed by atoms with van der Waals surface area (Å²) in [5.41, 5.74) is 0.686. The fourth-order valence-corrected chi connectivity index (χ4v) is 2.51. The third kappa shape index (κ3) is 2.03. The molecule has 0 amide bonds. The minimum atomic E-state index is 0.473. The van der Waals surface area contributed by atoms with Crippen molar-refractivity contribution in [3.05, 3.63) is 28.8 Å². The molecule has 1 aliphatic heterocycles. The van der Waals surface area contributed by atoms with Crippen LogP contribution in [0.25, 0.3) is 0 Å². The van der Waals surface area contributed by atoms with Crippen molar-refractivity contribution in [1.82, 2.24) is 0 Å². The van der Waals surface area contributed by atoms with Crippen molar-refractivity contribution in [2.75, 3.05) is 13.2 Å². The maximum absolute atomic E-state index is 8.88. The average molecular weight is 226 g/mol. The third-order valence-electron chi connectivity index (χ3n) is 1.97. The second-order valence-electron chi connectivity index (χ2n) is 3.03. The summed E-state index contributed by atoms with van der Waals surface area (Å²) >= 11 is 7.53. The van der Waals surface area contributed by atoms with Crippen LogP contribution in [0.3, 0.4) is 0 Å². The Kier molecular flexibility index (Phi) is 2.97. The fraction of sp³-hybridized carbons (Fsp3) is 0.300. The van der Waals surface area contributed by atoms with Crippen molar-refractivity contribution >= 4 is 23.4 Å². The Morgan fingerprint density at radius 3 is 2.86 bits per heavy atom. The van der Waals surface area contributed by atoms with Crippen LogP contribution >= 0.6 is 23.4 Å². The maximum Gasteiger partial charge on any atom is 0.100 e. The lowest BCUT2D eigenvalue weighted by Gasteiger charge is -2.25. The van der Waals surface area contributed by atoms with E-state index in [1.54, 1.807) is 23.9 Å². The smallest absolute Gasteiger partial charge is 0.100 e. The van der Waals surface area contributed by atoms with Crippen molar-refractivity contribution in [2.24, 2.45) is 0 Å². The van der Waals surface area contributed by atoms with Crippen LogP contribution in [0.2, 0.25) is 5.02 Å². The molecule has 1 aromatic carbocycles. The van der Waals surface area contributed by atoms with Crippen LogP contribution in [-0.2, 0) is 4.74 Å². The van der Waals surface area contributed by atoms with Gasteiger partial charge in [0.2, 0.25) is 0 Å². The van der Waals surface area contributed by atoms with E-state index in [9.17, 15) is 0 Å². The highest BCUT2D eigenvalue weighted by atomic mass is 35.5. The number of hydrogen-bond acceptors (Lipinski definition) is 3. The molecule has 0 bridgehead atoms. The molecule has 0 atom stereocenters. The summed E-state index contributed by atoms with van der Waals surface area (Å²) in [7, 11) is 0. The summed E-state index contributed by atoms with van der Waals surface area (Å²) < 4.78 is 5.07. The fourth-order valence-electron chi connectivity index (χ4n) is 1.15. The summed E-state index contributed by atoms with van der Waals surface area (Å²) in [4.78, 5) is 0.952. The van der Waals surface area contributed by atoms with Crippen LogP contribution in [0.5, 0.6) is 0 Å². The highest BCUT2D eigenvalue weighted by Crippen LogP contribution is 2.32. The maximum atomic E-state index is 8.88. The van der Waals surface area contributed by atoms with Crippen molar-refractivity contribution in [3.63, 3.8) is 0 Å². The molecular weight excluding hydrogens is 218 g/mol. The molecule has 1 saturated heterocycles. The molecule has 2 rings (SSSR count). The topological polar surface area (TPSA) is 33.0 Å². The standard InChI is InChI=1S/C10H8ClNOS/c11-8-2-1-7(4-12)10(3-8)14-9-5-13-6-9/h1-3,9H,5-6H2. The zero-order valence-electron chi connectivity index (χ0n) is 7.37. The van der Waals surface area contributed by atoms with E-state index in [-0.39, 0.29) is 0 Å². The molecule has 0 radical (unpaired) electrons. The number of rotatable bonds is 2. The predicted molar refractivity (Wildman–Crippen MR) is 56.6 cm³/mol. The van der Waals surface area contributed by atoms with Gasteiger partial charge in [-0.3, -0.25) is 0 Å². The summed E-state index contributed by atoms with van der Waals surface area (Å²) in [6, 6.07) is 7.48. The number of thioether (sulfide) groups is 1. The Morgan fingerprint density at radius 2 is 2.29 bits per heavy atom. The van der Waals surface area contributed by atoms with Gasteiger partial charge in [0, 0.05) is 9.92 Å². The van der Waals surface area contributed by atoms with Crippen LogP contribution in [0.15, 0.2) is 23.1 Å². The Bertz CT molecular complexity index is 384. The molecule has 1 fully saturated rings. The molecule has 0 saturated carbocycles. The van der Waals surface area contributed by atoms with Gasteiger partial charge in [-0.15, -0.1) is 11.8 Å². The lowest BCUT2D eigenvalue weighted by molar-refractivity contribution is 0.0455. The molecule has 14 heavy (non-hydrogen) atoms. The molecule has 0 aliphatic carbocycles. The summed E-state index contributed by atoms with van der Waals surface area (Å²) in [6.07, 6.45) is 0. The van der Waals surface area contributed by atoms with E-state index >= 15 is 0 Å². The van der Waals surface area contributed by atoms with Crippen molar-refractivity contribution < 1.29 is 4.74 Å². The van der Waals surface area contributed by atoms with Gasteiger partial charge in [-0.1, -0.05) is 11.6 Å². The molecule has 1 heterocycles. The normalized spacial score (nSPS) is 16.0. The average Bonchev–Trinajstić information content (AvgIpc) is 2.12. The first-order valence-corrected chi connectivity index (χ1v) is 5.49. The number of hydrogen-bond donors (Lipinski definition) is 0. The molecule has 4 heteroatoms. The van der Waals surface area contributed by atoms with E-state index in [0.29, 0.717) is 15.8 Å². The summed E-state index contributed by atoms with van der Waals surface area (Å²) in [6.45, 7) is 1.53. The van der Waals surface area contributed by atoms with Gasteiger partial charge in [0.05, 0.1) is 24.0 Å². The first kappa shape index (κ1) is 9.85. The van der Waals surface area contributed by atoms with Crippen LogP contribution in [0.1, 0.15) is 5.56 Å². The zero-order chi connectivity index (χ0) is 9.97. The minimum absolute atomic E-state index is 0.473. The first-order valence-electron chi connectivity index (χ1n) is 4.23. The molecule has 1 aromatic rings. The van der Waals surface area contributed by atoms with Gasteiger partial charge in [-0.05, 0) is 18.2 Å². The molecule has 72 valence electrons. The SMILES string of the molecule is N#Cc1ccc(Cl)cc1SC1COC1. The molecule has 2 nitrogen and oxygen atoms in total. The lowest BCUT2D eigenvalue weighted by Crippen LogP contribution is -2.30. The van der Waals surface area contributed by atoms with Gasteiger partial charge in [0.15, 0.2) is 0 Å². The van der Waals surface area contributed by atoms with Gasteiger partial charge < -0.3 is 4.74 Å². The van der Waals surface area contributed by atoms with Gasteiger partial charge in [0.1, 0.15) is 6.07 Å². The highest BCUT2D eigenvalue weighted by molar-refractivity contribution is 8.00. The Labute approximate surface area is 91.8 Å². The highest BCUT2D eigenvalue weighted by Gasteiger charge is 2.20. The van der Waals surface area contributed by atoms with Crippen molar-refractivity contribution in [3.8, 4) is 6.07 Å². The summed E-state index contributed by atoms with van der Waals surface area (Å²) in [5.74, 6) is 0. The van der Waals surface area contributed by atoms with Crippen molar-refractivity contribution in [2.45, 2.75) is 10.1 Å². The molecule has 0 unspecified atom stereocenters. The quantitative estimate of drug-likeness (QED) is 0.776. The molecule has 0 N–H and O–H groups in total. The third-order valence-corrected chi connectivity index (χ3v) is 3.40. The van der Waals surface area contributed by atoms with E-state index in [1.165, 1.54) is 0 Å². The lowest BCUT2D eigenvalue weighted by atomic mass is 10.2. The number of nitrogens with zero attached hydrogens (tertiary/aromatic N) is 1. The number of benzene rings is 1. The van der Waals surface area contributed by atoms with Crippen LogP contribution in [-0.4, -0.2) is 18.5 Å². The van der Waals surface area contributed by atoms with Crippen LogP contribution in [0, 0.1) is 11.3 Å². The van der Waals surface area contributed by atoms with Crippen molar-refractivity contribution in [1.29, 1.82) is 5.26 Å². The zero-order valence-corrected chi connectivity index (χ0v) is 8.94. The van der Waals surface area contributed by atoms with Crippen LogP contribution in [0.4, 0.5) is 0 Å². The van der Waals surface area contributed by atoms with Gasteiger partial charge in [-0.2, -0.15) is 5.26 Å². The predicted octanol–water partition coefficient (Wildman–Crippen LogP) is 2.70. The van der Waals surface area contributed by atoms with Gasteiger partial charge in [0.25, 0.3) is 0 Å². The summed E-state index contributed by atoms with van der Waals surface area (Å²) in [5, 5.41) is 10.0. The number of nitriles is 1. The molecule has 0 aromatic heterocycles. The molecular formula is C10H8ClNOS. The Morgan fingerprint density at radius 1 is 1.50 bits per heavy atom. The minimum Gasteiger partial charge on any atom is -0.379 e. The number of ether oxygens (including phenoxy) is 1. The Hall–Kier alpha value is -0.690. The van der Waals surface area contributed by atoms with Crippen LogP contribution < -0.4 is 0 Å².